The van der Waals surface area contributed by atoms with Crippen LogP contribution in [0.3, 0.4) is 0 Å². The van der Waals surface area contributed by atoms with Crippen LogP contribution in [-0.2, 0) is 22.6 Å². The molecule has 3 amide bonds. The topological polar surface area (TPSA) is 98.7 Å². The molecule has 0 saturated heterocycles. The summed E-state index contributed by atoms with van der Waals surface area (Å²) < 4.78 is 0.645. The van der Waals surface area contributed by atoms with Gasteiger partial charge in [0.1, 0.15) is 12.1 Å². The van der Waals surface area contributed by atoms with Crippen molar-refractivity contribution in [2.45, 2.75) is 38.4 Å². The zero-order valence-corrected chi connectivity index (χ0v) is 19.8. The molecule has 7 nitrogen and oxygen atoms in total. The summed E-state index contributed by atoms with van der Waals surface area (Å²) in [4.78, 5) is 38.8. The molecule has 2 aromatic rings. The highest BCUT2D eigenvalue weighted by Crippen LogP contribution is 2.24. The number of aryl methyl sites for hydroxylation is 1. The Morgan fingerprint density at radius 3 is 2.58 bits per heavy atom. The van der Waals surface area contributed by atoms with E-state index in [4.69, 9.17) is 11.6 Å². The summed E-state index contributed by atoms with van der Waals surface area (Å²) >= 11 is 8.18. The average molecular weight is 556 g/mol. The maximum absolute atomic E-state index is 13.0. The second-order valence-corrected chi connectivity index (χ2v) is 8.88. The van der Waals surface area contributed by atoms with Crippen molar-refractivity contribution in [3.63, 3.8) is 0 Å². The van der Waals surface area contributed by atoms with Gasteiger partial charge in [-0.15, -0.1) is 0 Å². The Bertz CT molecular complexity index is 1000. The minimum atomic E-state index is -1.17. The monoisotopic (exact) mass is 555 g/mol. The van der Waals surface area contributed by atoms with E-state index in [2.05, 4.69) is 33.2 Å². The first-order chi connectivity index (χ1) is 14.8. The third-order valence-corrected chi connectivity index (χ3v) is 6.30. The number of amides is 3. The molecule has 2 aromatic carbocycles. The predicted molar refractivity (Wildman–Crippen MR) is 128 cm³/mol. The fourth-order valence-corrected chi connectivity index (χ4v) is 4.30. The van der Waals surface area contributed by atoms with Crippen molar-refractivity contribution >= 4 is 57.8 Å². The van der Waals surface area contributed by atoms with Crippen LogP contribution >= 0.6 is 34.2 Å². The maximum atomic E-state index is 13.0. The molecule has 3 N–H and O–H groups in total. The fraction of sp³-hybridized carbons (Fsp3) is 0.318. The molecule has 1 aliphatic rings. The summed E-state index contributed by atoms with van der Waals surface area (Å²) in [5.74, 6) is -0.834. The molecule has 0 bridgehead atoms. The Kier molecular flexibility index (Phi) is 7.77. The molecule has 0 unspecified atom stereocenters. The zero-order valence-electron chi connectivity index (χ0n) is 16.9. The SMILES string of the molecule is Cc1cc(NC(=O)[C@H](CCI)NC(=O)[C@@H]2Cc3ccccc3CN2C(=O)O)ccc1Cl. The number of alkyl halides is 1. The zero-order chi connectivity index (χ0) is 22.5. The van der Waals surface area contributed by atoms with Crippen LogP contribution in [-0.4, -0.2) is 44.4 Å². The van der Waals surface area contributed by atoms with Gasteiger partial charge in [0.2, 0.25) is 11.8 Å². The first kappa shape index (κ1) is 23.3. The van der Waals surface area contributed by atoms with Gasteiger partial charge in [-0.25, -0.2) is 4.79 Å². The molecule has 9 heteroatoms. The lowest BCUT2D eigenvalue weighted by Crippen LogP contribution is -2.56. The number of carboxylic acid groups (broad SMARTS) is 1. The minimum absolute atomic E-state index is 0.136. The van der Waals surface area contributed by atoms with Gasteiger partial charge < -0.3 is 15.7 Å². The Labute approximate surface area is 199 Å². The number of benzene rings is 2. The maximum Gasteiger partial charge on any atom is 0.408 e. The standard InChI is InChI=1S/C22H23ClIN3O4/c1-13-10-16(6-7-17(13)23)25-20(28)18(8-9-24)26-21(29)19-11-14-4-2-3-5-15(14)12-27(19)22(30)31/h2-7,10,18-19H,8-9,11-12H2,1H3,(H,25,28)(H,26,29)(H,30,31)/t18-,19-/m0/s1. The van der Waals surface area contributed by atoms with E-state index in [9.17, 15) is 19.5 Å². The molecule has 1 aliphatic heterocycles. The quantitative estimate of drug-likeness (QED) is 0.371. The summed E-state index contributed by atoms with van der Waals surface area (Å²) in [6.45, 7) is 1.97. The normalized spacial score (nSPS) is 16.2. The minimum Gasteiger partial charge on any atom is -0.465 e. The molecule has 3 rings (SSSR count). The summed E-state index contributed by atoms with van der Waals surface area (Å²) in [5.41, 5.74) is 3.23. The number of hydrogen-bond donors (Lipinski definition) is 3. The van der Waals surface area contributed by atoms with Crippen molar-refractivity contribution in [1.82, 2.24) is 10.2 Å². The van der Waals surface area contributed by atoms with Crippen molar-refractivity contribution < 1.29 is 19.5 Å². The summed E-state index contributed by atoms with van der Waals surface area (Å²) in [7, 11) is 0. The number of carbonyl (C=O) groups excluding carboxylic acids is 2. The number of anilines is 1. The van der Waals surface area contributed by atoms with Crippen molar-refractivity contribution in [3.8, 4) is 0 Å². The lowest BCUT2D eigenvalue weighted by molar-refractivity contribution is -0.130. The summed E-state index contributed by atoms with van der Waals surface area (Å²) in [6, 6.07) is 10.9. The van der Waals surface area contributed by atoms with Crippen LogP contribution in [0, 0.1) is 6.92 Å². The Morgan fingerprint density at radius 2 is 1.94 bits per heavy atom. The van der Waals surface area contributed by atoms with Gasteiger partial charge in [0.25, 0.3) is 0 Å². The molecule has 0 saturated carbocycles. The molecule has 0 aromatic heterocycles. The van der Waals surface area contributed by atoms with E-state index in [-0.39, 0.29) is 18.9 Å². The van der Waals surface area contributed by atoms with Crippen LogP contribution < -0.4 is 10.6 Å². The van der Waals surface area contributed by atoms with Gasteiger partial charge in [0, 0.05) is 21.6 Å². The first-order valence-corrected chi connectivity index (χ1v) is 11.7. The van der Waals surface area contributed by atoms with Gasteiger partial charge >= 0.3 is 6.09 Å². The molecule has 0 spiro atoms. The van der Waals surface area contributed by atoms with Gasteiger partial charge in [0.05, 0.1) is 6.54 Å². The second kappa shape index (κ2) is 10.3. The van der Waals surface area contributed by atoms with Crippen LogP contribution in [0.1, 0.15) is 23.1 Å². The Balaban J connectivity index is 1.75. The highest BCUT2D eigenvalue weighted by molar-refractivity contribution is 14.1. The van der Waals surface area contributed by atoms with E-state index in [1.54, 1.807) is 18.2 Å². The molecule has 0 radical (unpaired) electrons. The van der Waals surface area contributed by atoms with Crippen LogP contribution in [0.25, 0.3) is 0 Å². The molecule has 31 heavy (non-hydrogen) atoms. The van der Waals surface area contributed by atoms with E-state index >= 15 is 0 Å². The Morgan fingerprint density at radius 1 is 1.23 bits per heavy atom. The van der Waals surface area contributed by atoms with E-state index in [0.29, 0.717) is 21.6 Å². The molecule has 164 valence electrons. The molecule has 1 heterocycles. The first-order valence-electron chi connectivity index (χ1n) is 9.80. The van der Waals surface area contributed by atoms with Gasteiger partial charge in [0.15, 0.2) is 0 Å². The van der Waals surface area contributed by atoms with E-state index in [1.165, 1.54) is 0 Å². The Hall–Kier alpha value is -2.33. The number of halogens is 2. The van der Waals surface area contributed by atoms with Crippen LogP contribution in [0.5, 0.6) is 0 Å². The van der Waals surface area contributed by atoms with Crippen LogP contribution in [0.4, 0.5) is 10.5 Å². The highest BCUT2D eigenvalue weighted by atomic mass is 127. The van der Waals surface area contributed by atoms with Crippen molar-refractivity contribution in [1.29, 1.82) is 0 Å². The second-order valence-electron chi connectivity index (χ2n) is 7.39. The molecule has 0 fully saturated rings. The van der Waals surface area contributed by atoms with Gasteiger partial charge in [-0.1, -0.05) is 58.5 Å². The molecule has 2 atom stereocenters. The largest absolute Gasteiger partial charge is 0.465 e. The van der Waals surface area contributed by atoms with Gasteiger partial charge in [-0.05, 0) is 48.2 Å². The smallest absolute Gasteiger partial charge is 0.408 e. The number of fused-ring (bicyclic) bond motifs is 1. The number of nitrogens with zero attached hydrogens (tertiary/aromatic N) is 1. The lowest BCUT2D eigenvalue weighted by Gasteiger charge is -2.34. The number of carbonyl (C=O) groups is 3. The lowest BCUT2D eigenvalue weighted by atomic mass is 9.93. The number of nitrogens with one attached hydrogen (secondary N) is 2. The number of rotatable bonds is 6. The van der Waals surface area contributed by atoms with Crippen LogP contribution in [0.2, 0.25) is 5.02 Å². The van der Waals surface area contributed by atoms with Gasteiger partial charge in [-0.2, -0.15) is 0 Å². The van der Waals surface area contributed by atoms with E-state index in [0.717, 1.165) is 21.6 Å². The predicted octanol–water partition coefficient (Wildman–Crippen LogP) is 4.00. The van der Waals surface area contributed by atoms with Gasteiger partial charge in [-0.3, -0.25) is 14.5 Å². The van der Waals surface area contributed by atoms with Crippen molar-refractivity contribution in [2.24, 2.45) is 0 Å². The van der Waals surface area contributed by atoms with E-state index in [1.807, 2.05) is 31.2 Å². The summed E-state index contributed by atoms with van der Waals surface area (Å²) in [5, 5.41) is 15.8. The van der Waals surface area contributed by atoms with Crippen molar-refractivity contribution in [2.75, 3.05) is 9.74 Å². The third-order valence-electron chi connectivity index (χ3n) is 5.25. The van der Waals surface area contributed by atoms with E-state index < -0.39 is 24.1 Å². The molecular weight excluding hydrogens is 533 g/mol. The highest BCUT2D eigenvalue weighted by Gasteiger charge is 2.36. The average Bonchev–Trinajstić information content (AvgIpc) is 2.74. The third kappa shape index (κ3) is 5.68. The number of hydrogen-bond acceptors (Lipinski definition) is 3. The molecule has 0 aliphatic carbocycles. The van der Waals surface area contributed by atoms with Crippen LogP contribution in [0.15, 0.2) is 42.5 Å². The van der Waals surface area contributed by atoms with Crippen molar-refractivity contribution in [3.05, 3.63) is 64.2 Å². The molecular formula is C22H23ClIN3O4. The fourth-order valence-electron chi connectivity index (χ4n) is 3.56. The summed E-state index contributed by atoms with van der Waals surface area (Å²) in [6.07, 6.45) is -0.481.